The van der Waals surface area contributed by atoms with Gasteiger partial charge < -0.3 is 19.9 Å². The lowest BCUT2D eigenvalue weighted by molar-refractivity contribution is -0.160. The average Bonchev–Trinajstić information content (AvgIpc) is 2.84. The molecule has 2 heterocycles. The van der Waals surface area contributed by atoms with E-state index in [1.807, 2.05) is 47.6 Å². The van der Waals surface area contributed by atoms with Gasteiger partial charge in [-0.05, 0) is 81.5 Å². The summed E-state index contributed by atoms with van der Waals surface area (Å²) in [6.45, 7) is 15.4. The number of methoxy groups -OCH3 is 1. The van der Waals surface area contributed by atoms with Crippen LogP contribution in [0.5, 0.6) is 5.88 Å². The number of aromatic nitrogens is 1. The number of aliphatic carboxylic acids is 1. The molecule has 2 aromatic carbocycles. The number of nitrogens with one attached hydrogen (secondary N) is 1. The van der Waals surface area contributed by atoms with E-state index in [9.17, 15) is 9.90 Å². The summed E-state index contributed by atoms with van der Waals surface area (Å²) in [4.78, 5) is 17.2. The van der Waals surface area contributed by atoms with Crippen LogP contribution in [0.3, 0.4) is 0 Å². The summed E-state index contributed by atoms with van der Waals surface area (Å²) in [5, 5.41) is 13.8. The Morgan fingerprint density at radius 2 is 1.84 bits per heavy atom. The quantitative estimate of drug-likeness (QED) is 0.376. The molecule has 0 aliphatic carbocycles. The molecule has 0 radical (unpaired) electrons. The van der Waals surface area contributed by atoms with E-state index < -0.39 is 17.7 Å². The number of aryl methyl sites for hydroxylation is 1. The van der Waals surface area contributed by atoms with Crippen LogP contribution in [-0.2, 0) is 16.1 Å². The number of rotatable bonds is 6. The molecular formula is C30H33FN2O4. The van der Waals surface area contributed by atoms with Crippen LogP contribution >= 0.6 is 0 Å². The Hall–Kier alpha value is -3.71. The van der Waals surface area contributed by atoms with Crippen LogP contribution in [-0.4, -0.2) is 28.8 Å². The van der Waals surface area contributed by atoms with Gasteiger partial charge in [0, 0.05) is 46.2 Å². The standard InChI is InChI=1S/C30H33FN2O4/c1-9-18-10-12-21(31)26-20(18)14-32-27-16(3)25(28(29(34)35)37-30(5,6)7)23(15(2)24(26)27)19-11-13-22(36-8)33-17(19)4/h9-13,28,32H,1,14H2,2-8H3,(H,34,35)/t28-/m0/s1. The summed E-state index contributed by atoms with van der Waals surface area (Å²) in [5.41, 5.74) is 6.84. The Morgan fingerprint density at radius 3 is 2.41 bits per heavy atom. The Bertz CT molecular complexity index is 1420. The predicted molar refractivity (Wildman–Crippen MR) is 144 cm³/mol. The fourth-order valence-electron chi connectivity index (χ4n) is 5.20. The number of halogens is 1. The first-order chi connectivity index (χ1) is 17.4. The van der Waals surface area contributed by atoms with E-state index in [1.165, 1.54) is 6.07 Å². The van der Waals surface area contributed by atoms with Gasteiger partial charge in [0.15, 0.2) is 6.10 Å². The minimum atomic E-state index is -1.26. The fourth-order valence-corrected chi connectivity index (χ4v) is 5.20. The minimum Gasteiger partial charge on any atom is -0.481 e. The second-order valence-corrected chi connectivity index (χ2v) is 10.3. The zero-order valence-electron chi connectivity index (χ0n) is 22.4. The number of carboxylic acids is 1. The summed E-state index contributed by atoms with van der Waals surface area (Å²) < 4.78 is 26.9. The average molecular weight is 505 g/mol. The van der Waals surface area contributed by atoms with Crippen molar-refractivity contribution in [2.24, 2.45) is 0 Å². The van der Waals surface area contributed by atoms with Crippen LogP contribution in [0, 0.1) is 26.6 Å². The second-order valence-electron chi connectivity index (χ2n) is 10.3. The van der Waals surface area contributed by atoms with Crippen molar-refractivity contribution in [2.75, 3.05) is 12.4 Å². The summed E-state index contributed by atoms with van der Waals surface area (Å²) in [6, 6.07) is 6.78. The Morgan fingerprint density at radius 1 is 1.14 bits per heavy atom. The molecule has 0 saturated heterocycles. The molecule has 7 heteroatoms. The van der Waals surface area contributed by atoms with E-state index in [-0.39, 0.29) is 5.82 Å². The van der Waals surface area contributed by atoms with E-state index >= 15 is 4.39 Å². The third-order valence-corrected chi connectivity index (χ3v) is 6.76. The van der Waals surface area contributed by atoms with Crippen LogP contribution in [0.25, 0.3) is 28.3 Å². The number of benzene rings is 2. The van der Waals surface area contributed by atoms with Gasteiger partial charge in [-0.25, -0.2) is 14.2 Å². The summed E-state index contributed by atoms with van der Waals surface area (Å²) >= 11 is 0. The molecule has 0 saturated carbocycles. The maximum absolute atomic E-state index is 15.5. The van der Waals surface area contributed by atoms with Crippen LogP contribution in [0.4, 0.5) is 10.1 Å². The van der Waals surface area contributed by atoms with Crippen molar-refractivity contribution in [3.05, 3.63) is 70.2 Å². The molecule has 3 aromatic rings. The summed E-state index contributed by atoms with van der Waals surface area (Å²) in [7, 11) is 1.54. The van der Waals surface area contributed by atoms with Crippen molar-refractivity contribution >= 4 is 17.7 Å². The molecule has 1 atom stereocenters. The summed E-state index contributed by atoms with van der Waals surface area (Å²) in [5.74, 6) is -0.992. The molecule has 0 spiro atoms. The highest BCUT2D eigenvalue weighted by atomic mass is 19.1. The third kappa shape index (κ3) is 4.60. The lowest BCUT2D eigenvalue weighted by Crippen LogP contribution is -2.29. The normalized spacial score (nSPS) is 13.3. The molecule has 4 rings (SSSR count). The van der Waals surface area contributed by atoms with Crippen molar-refractivity contribution in [3.8, 4) is 28.1 Å². The van der Waals surface area contributed by atoms with Gasteiger partial charge in [-0.3, -0.25) is 0 Å². The topological polar surface area (TPSA) is 80.7 Å². The van der Waals surface area contributed by atoms with Crippen LogP contribution in [0.1, 0.15) is 60.4 Å². The zero-order chi connectivity index (χ0) is 27.2. The smallest absolute Gasteiger partial charge is 0.337 e. The van der Waals surface area contributed by atoms with Gasteiger partial charge in [-0.15, -0.1) is 0 Å². The Balaban J connectivity index is 2.17. The molecular weight excluding hydrogens is 471 g/mol. The van der Waals surface area contributed by atoms with Gasteiger partial charge in [0.2, 0.25) is 5.88 Å². The van der Waals surface area contributed by atoms with Crippen LogP contribution in [0.15, 0.2) is 30.8 Å². The fraction of sp³-hybridized carbons (Fsp3) is 0.333. The van der Waals surface area contributed by atoms with E-state index in [2.05, 4.69) is 16.9 Å². The lowest BCUT2D eigenvalue weighted by Gasteiger charge is -2.34. The highest BCUT2D eigenvalue weighted by Crippen LogP contribution is 2.50. The first-order valence-corrected chi connectivity index (χ1v) is 12.2. The maximum Gasteiger partial charge on any atom is 0.337 e. The van der Waals surface area contributed by atoms with Gasteiger partial charge in [0.05, 0.1) is 12.7 Å². The second kappa shape index (κ2) is 9.63. The molecule has 6 nitrogen and oxygen atoms in total. The van der Waals surface area contributed by atoms with Crippen molar-refractivity contribution in [1.82, 2.24) is 4.98 Å². The van der Waals surface area contributed by atoms with Crippen molar-refractivity contribution in [3.63, 3.8) is 0 Å². The van der Waals surface area contributed by atoms with E-state index in [0.717, 1.165) is 22.3 Å². The number of fused-ring (bicyclic) bond motifs is 3. The van der Waals surface area contributed by atoms with Gasteiger partial charge in [0.1, 0.15) is 5.82 Å². The zero-order valence-corrected chi connectivity index (χ0v) is 22.4. The molecule has 1 aromatic heterocycles. The van der Waals surface area contributed by atoms with Gasteiger partial charge >= 0.3 is 5.97 Å². The first kappa shape index (κ1) is 26.4. The molecule has 0 bridgehead atoms. The third-order valence-electron chi connectivity index (χ3n) is 6.76. The predicted octanol–water partition coefficient (Wildman–Crippen LogP) is 7.00. The van der Waals surface area contributed by atoms with Gasteiger partial charge in [-0.2, -0.15) is 0 Å². The number of hydrogen-bond acceptors (Lipinski definition) is 5. The number of carboxylic acid groups (broad SMARTS) is 1. The molecule has 0 amide bonds. The van der Waals surface area contributed by atoms with Crippen LogP contribution in [0.2, 0.25) is 0 Å². The highest BCUT2D eigenvalue weighted by molar-refractivity contribution is 5.97. The van der Waals surface area contributed by atoms with Gasteiger partial charge in [0.25, 0.3) is 0 Å². The highest BCUT2D eigenvalue weighted by Gasteiger charge is 2.36. The maximum atomic E-state index is 15.5. The SMILES string of the molecule is C=Cc1ccc(F)c2c1CNc1c(C)c([C@H](OC(C)(C)C)C(=O)O)c(-c3ccc(OC)nc3C)c(C)c1-2. The number of nitrogens with zero attached hydrogens (tertiary/aromatic N) is 1. The van der Waals surface area contributed by atoms with Crippen molar-refractivity contribution < 1.29 is 23.8 Å². The van der Waals surface area contributed by atoms with Crippen molar-refractivity contribution in [1.29, 1.82) is 0 Å². The number of hydrogen-bond donors (Lipinski definition) is 2. The molecule has 194 valence electrons. The van der Waals surface area contributed by atoms with E-state index in [0.29, 0.717) is 51.6 Å². The van der Waals surface area contributed by atoms with Crippen LogP contribution < -0.4 is 10.1 Å². The number of anilines is 1. The molecule has 0 unspecified atom stereocenters. The minimum absolute atomic E-state index is 0.338. The first-order valence-electron chi connectivity index (χ1n) is 12.2. The van der Waals surface area contributed by atoms with Crippen molar-refractivity contribution in [2.45, 2.75) is 59.8 Å². The molecule has 2 N–H and O–H groups in total. The van der Waals surface area contributed by atoms with E-state index in [4.69, 9.17) is 9.47 Å². The molecule has 1 aliphatic heterocycles. The monoisotopic (exact) mass is 504 g/mol. The molecule has 0 fully saturated rings. The summed E-state index contributed by atoms with van der Waals surface area (Å²) in [6.07, 6.45) is 0.463. The Kier molecular flexibility index (Phi) is 6.86. The molecule has 37 heavy (non-hydrogen) atoms. The number of pyridine rings is 1. The number of carbonyl (C=O) groups is 1. The number of ether oxygens (including phenoxy) is 2. The largest absolute Gasteiger partial charge is 0.481 e. The van der Waals surface area contributed by atoms with Gasteiger partial charge in [-0.1, -0.05) is 18.7 Å². The van der Waals surface area contributed by atoms with E-state index in [1.54, 1.807) is 25.3 Å². The molecule has 1 aliphatic rings. The Labute approximate surface area is 217 Å². The lowest BCUT2D eigenvalue weighted by atomic mass is 9.79.